The molecular weight excluding hydrogens is 92.1 g/mol. The fourth-order valence-electron chi connectivity index (χ4n) is 0.421. The molecule has 2 heteroatoms. The van der Waals surface area contributed by atoms with Gasteiger partial charge in [-0.3, -0.25) is 0 Å². The van der Waals surface area contributed by atoms with Crippen molar-refractivity contribution < 1.29 is 9.84 Å². The monoisotopic (exact) mass is 99.0 g/mol. The summed E-state index contributed by atoms with van der Waals surface area (Å²) in [6.07, 6.45) is 3.47. The summed E-state index contributed by atoms with van der Waals surface area (Å²) in [5.41, 5.74) is 0. The molecular formula is C5H7O2. The summed E-state index contributed by atoms with van der Waals surface area (Å²) in [7, 11) is 0. The van der Waals surface area contributed by atoms with Crippen molar-refractivity contribution in [2.75, 3.05) is 0 Å². The third-order valence-electron chi connectivity index (χ3n) is 1.08. The molecule has 0 aromatic rings. The predicted molar refractivity (Wildman–Crippen MR) is 23.9 cm³/mol. The van der Waals surface area contributed by atoms with Crippen molar-refractivity contribution in [2.24, 2.45) is 0 Å². The Morgan fingerprint density at radius 3 is 2.43 bits per heavy atom. The van der Waals surface area contributed by atoms with E-state index in [1.54, 1.807) is 6.92 Å². The summed E-state index contributed by atoms with van der Waals surface area (Å²) in [5, 5.41) is 10.6. The predicted octanol–water partition coefficient (Wildman–Crippen LogP) is 1.07. The van der Waals surface area contributed by atoms with Crippen LogP contribution < -0.4 is 0 Å². The Balaban J connectivity index is 2.47. The first-order valence-corrected chi connectivity index (χ1v) is 2.33. The molecule has 0 fully saturated rings. The highest BCUT2D eigenvalue weighted by Gasteiger charge is 2.29. The first kappa shape index (κ1) is 4.65. The molecule has 1 heterocycles. The van der Waals surface area contributed by atoms with Gasteiger partial charge in [0.2, 0.25) is 0 Å². The SMILES string of the molecule is CCC1([O])C=CO1. The van der Waals surface area contributed by atoms with Gasteiger partial charge in [0.05, 0.1) is 6.26 Å². The zero-order valence-electron chi connectivity index (χ0n) is 4.18. The number of ether oxygens (including phenoxy) is 1. The van der Waals surface area contributed by atoms with Crippen LogP contribution in [-0.2, 0) is 9.84 Å². The van der Waals surface area contributed by atoms with Gasteiger partial charge in [0.25, 0.3) is 5.79 Å². The number of hydrogen-bond donors (Lipinski definition) is 0. The lowest BCUT2D eigenvalue weighted by molar-refractivity contribution is -0.201. The molecule has 0 bridgehead atoms. The quantitative estimate of drug-likeness (QED) is 0.483. The van der Waals surface area contributed by atoms with Crippen LogP contribution in [0.2, 0.25) is 0 Å². The maximum Gasteiger partial charge on any atom is 0.262 e. The van der Waals surface area contributed by atoms with Crippen LogP contribution in [0.3, 0.4) is 0 Å². The highest BCUT2D eigenvalue weighted by molar-refractivity contribution is 4.99. The van der Waals surface area contributed by atoms with E-state index in [9.17, 15) is 5.11 Å². The zero-order chi connectivity index (χ0) is 5.33. The van der Waals surface area contributed by atoms with E-state index >= 15 is 0 Å². The summed E-state index contributed by atoms with van der Waals surface area (Å²) in [4.78, 5) is 0. The molecule has 0 saturated carbocycles. The van der Waals surface area contributed by atoms with Gasteiger partial charge in [-0.2, -0.15) is 5.11 Å². The van der Waals surface area contributed by atoms with E-state index in [-0.39, 0.29) is 0 Å². The van der Waals surface area contributed by atoms with E-state index in [0.717, 1.165) is 0 Å². The van der Waals surface area contributed by atoms with Crippen LogP contribution >= 0.6 is 0 Å². The molecule has 0 amide bonds. The molecule has 0 N–H and O–H groups in total. The highest BCUT2D eigenvalue weighted by Crippen LogP contribution is 2.22. The standard InChI is InChI=1S/C5H7O2/c1-2-5(6)3-4-7-5/h3-4H,2H2,1H3. The third-order valence-corrected chi connectivity index (χ3v) is 1.08. The van der Waals surface area contributed by atoms with Crippen LogP contribution in [-0.4, -0.2) is 5.79 Å². The fraction of sp³-hybridized carbons (Fsp3) is 0.600. The zero-order valence-corrected chi connectivity index (χ0v) is 4.18. The Morgan fingerprint density at radius 2 is 2.43 bits per heavy atom. The van der Waals surface area contributed by atoms with Gasteiger partial charge in [-0.1, -0.05) is 6.92 Å². The van der Waals surface area contributed by atoms with E-state index in [4.69, 9.17) is 0 Å². The molecule has 7 heavy (non-hydrogen) atoms. The van der Waals surface area contributed by atoms with Crippen LogP contribution in [0.15, 0.2) is 12.3 Å². The minimum absolute atomic E-state index is 0.517. The average Bonchev–Trinajstić information content (AvgIpc) is 1.61. The summed E-state index contributed by atoms with van der Waals surface area (Å²) in [6.45, 7) is 1.80. The van der Waals surface area contributed by atoms with E-state index < -0.39 is 5.79 Å². The molecule has 1 aliphatic heterocycles. The van der Waals surface area contributed by atoms with E-state index in [1.165, 1.54) is 12.3 Å². The van der Waals surface area contributed by atoms with Crippen molar-refractivity contribution in [1.29, 1.82) is 0 Å². The number of hydrogen-bond acceptors (Lipinski definition) is 1. The van der Waals surface area contributed by atoms with E-state index in [2.05, 4.69) is 4.74 Å². The fourth-order valence-corrected chi connectivity index (χ4v) is 0.421. The second kappa shape index (κ2) is 1.23. The van der Waals surface area contributed by atoms with Crippen LogP contribution in [0.1, 0.15) is 13.3 Å². The molecule has 0 aromatic heterocycles. The van der Waals surface area contributed by atoms with Gasteiger partial charge in [0.1, 0.15) is 0 Å². The first-order valence-electron chi connectivity index (χ1n) is 2.33. The topological polar surface area (TPSA) is 29.1 Å². The molecule has 0 aliphatic carbocycles. The molecule has 2 nitrogen and oxygen atoms in total. The van der Waals surface area contributed by atoms with Crippen molar-refractivity contribution in [1.82, 2.24) is 0 Å². The maximum atomic E-state index is 10.6. The molecule has 1 aliphatic rings. The lowest BCUT2D eigenvalue weighted by atomic mass is 10.2. The Kier molecular flexibility index (Phi) is 0.820. The maximum absolute atomic E-state index is 10.6. The van der Waals surface area contributed by atoms with Gasteiger partial charge >= 0.3 is 0 Å². The molecule has 0 spiro atoms. The van der Waals surface area contributed by atoms with Crippen LogP contribution in [0.5, 0.6) is 0 Å². The molecule has 1 unspecified atom stereocenters. The molecule has 39 valence electrons. The van der Waals surface area contributed by atoms with Gasteiger partial charge in [0, 0.05) is 12.5 Å². The largest absolute Gasteiger partial charge is 0.464 e. The van der Waals surface area contributed by atoms with Crippen molar-refractivity contribution >= 4 is 0 Å². The lowest BCUT2D eigenvalue weighted by Gasteiger charge is -2.25. The van der Waals surface area contributed by atoms with Crippen LogP contribution in [0.25, 0.3) is 0 Å². The van der Waals surface area contributed by atoms with Crippen molar-refractivity contribution in [3.63, 3.8) is 0 Å². The number of rotatable bonds is 1. The minimum atomic E-state index is -1.17. The van der Waals surface area contributed by atoms with E-state index in [1.807, 2.05) is 0 Å². The molecule has 0 saturated heterocycles. The second-order valence-corrected chi connectivity index (χ2v) is 1.59. The summed E-state index contributed by atoms with van der Waals surface area (Å²) in [6, 6.07) is 0. The molecule has 1 atom stereocenters. The third kappa shape index (κ3) is 0.611. The minimum Gasteiger partial charge on any atom is -0.464 e. The summed E-state index contributed by atoms with van der Waals surface area (Å²) >= 11 is 0. The Morgan fingerprint density at radius 1 is 1.86 bits per heavy atom. The van der Waals surface area contributed by atoms with E-state index in [0.29, 0.717) is 6.42 Å². The highest BCUT2D eigenvalue weighted by atomic mass is 16.6. The van der Waals surface area contributed by atoms with Gasteiger partial charge < -0.3 is 4.74 Å². The first-order chi connectivity index (χ1) is 3.27. The van der Waals surface area contributed by atoms with Crippen LogP contribution in [0, 0.1) is 0 Å². The molecule has 1 radical (unpaired) electrons. The normalized spacial score (nSPS) is 36.9. The molecule has 0 aromatic carbocycles. The Labute approximate surface area is 42.4 Å². The second-order valence-electron chi connectivity index (χ2n) is 1.59. The Bertz CT molecular complexity index is 98.3. The van der Waals surface area contributed by atoms with Gasteiger partial charge in [-0.05, 0) is 0 Å². The van der Waals surface area contributed by atoms with Crippen molar-refractivity contribution in [3.8, 4) is 0 Å². The van der Waals surface area contributed by atoms with Gasteiger partial charge in [-0.15, -0.1) is 0 Å². The smallest absolute Gasteiger partial charge is 0.262 e. The summed E-state index contributed by atoms with van der Waals surface area (Å²) in [5.74, 6) is -1.17. The van der Waals surface area contributed by atoms with Gasteiger partial charge in [0.15, 0.2) is 0 Å². The van der Waals surface area contributed by atoms with Gasteiger partial charge in [-0.25, -0.2) is 0 Å². The average molecular weight is 99.1 g/mol. The van der Waals surface area contributed by atoms with Crippen molar-refractivity contribution in [3.05, 3.63) is 12.3 Å². The molecule has 1 rings (SSSR count). The Hall–Kier alpha value is -0.500. The summed E-state index contributed by atoms with van der Waals surface area (Å²) < 4.78 is 4.53. The van der Waals surface area contributed by atoms with Crippen molar-refractivity contribution in [2.45, 2.75) is 19.1 Å². The van der Waals surface area contributed by atoms with Crippen LogP contribution in [0.4, 0.5) is 0 Å². The lowest BCUT2D eigenvalue weighted by Crippen LogP contribution is -2.30.